The molecule has 0 aromatic heterocycles. The van der Waals surface area contributed by atoms with Crippen molar-refractivity contribution in [2.75, 3.05) is 25.0 Å². The zero-order valence-electron chi connectivity index (χ0n) is 13.8. The van der Waals surface area contributed by atoms with Crippen LogP contribution in [0.4, 0.5) is 10.1 Å². The molecule has 1 amide bonds. The van der Waals surface area contributed by atoms with Gasteiger partial charge in [-0.15, -0.1) is 0 Å². The van der Waals surface area contributed by atoms with E-state index in [4.69, 9.17) is 0 Å². The highest BCUT2D eigenvalue weighted by molar-refractivity contribution is 5.93. The summed E-state index contributed by atoms with van der Waals surface area (Å²) in [6.45, 7) is 3.76. The van der Waals surface area contributed by atoms with E-state index < -0.39 is 0 Å². The van der Waals surface area contributed by atoms with Gasteiger partial charge in [0.05, 0.1) is 6.54 Å². The number of carbonyl (C=O) groups is 1. The van der Waals surface area contributed by atoms with Gasteiger partial charge in [-0.3, -0.25) is 9.69 Å². The van der Waals surface area contributed by atoms with Crippen molar-refractivity contribution in [1.82, 2.24) is 4.90 Å². The van der Waals surface area contributed by atoms with Gasteiger partial charge in [-0.25, -0.2) is 4.39 Å². The number of nitrogens with one attached hydrogen (secondary N) is 1. The van der Waals surface area contributed by atoms with Crippen molar-refractivity contribution < 1.29 is 9.18 Å². The average Bonchev–Trinajstić information content (AvgIpc) is 2.59. The summed E-state index contributed by atoms with van der Waals surface area (Å²) in [7, 11) is 0. The predicted octanol–water partition coefficient (Wildman–Crippen LogP) is 3.86. The molecule has 4 heteroatoms. The third-order valence-electron chi connectivity index (χ3n) is 4.28. The Balaban J connectivity index is 1.57. The van der Waals surface area contributed by atoms with Crippen LogP contribution in [0.3, 0.4) is 0 Å². The van der Waals surface area contributed by atoms with Gasteiger partial charge < -0.3 is 5.32 Å². The molecule has 0 bridgehead atoms. The first-order valence-corrected chi connectivity index (χ1v) is 8.14. The first-order valence-electron chi connectivity index (χ1n) is 8.14. The fourth-order valence-corrected chi connectivity index (χ4v) is 2.89. The molecule has 1 aliphatic heterocycles. The lowest BCUT2D eigenvalue weighted by atomic mass is 10.00. The molecular weight excluding hydrogens is 303 g/mol. The van der Waals surface area contributed by atoms with Crippen molar-refractivity contribution in [3.05, 3.63) is 71.6 Å². The Labute approximate surface area is 141 Å². The second-order valence-corrected chi connectivity index (χ2v) is 6.09. The third kappa shape index (κ3) is 4.09. The van der Waals surface area contributed by atoms with Crippen molar-refractivity contribution >= 4 is 17.2 Å². The van der Waals surface area contributed by atoms with Crippen LogP contribution in [0, 0.1) is 12.7 Å². The standard InChI is InChI=1S/C20H21FN2O/c1-15-7-8-18(21)13-19(15)22-20(24)14-23-11-9-17(10-12-23)16-5-3-2-4-6-16/h2-9,13H,10-12,14H2,1H3,(H,22,24). The van der Waals surface area contributed by atoms with Crippen LogP contribution in [0.2, 0.25) is 0 Å². The van der Waals surface area contributed by atoms with E-state index >= 15 is 0 Å². The smallest absolute Gasteiger partial charge is 0.238 e. The molecule has 2 aromatic rings. The summed E-state index contributed by atoms with van der Waals surface area (Å²) in [6.07, 6.45) is 3.11. The molecule has 0 unspecified atom stereocenters. The topological polar surface area (TPSA) is 32.3 Å². The normalized spacial score (nSPS) is 15.0. The Morgan fingerprint density at radius 1 is 1.21 bits per heavy atom. The first kappa shape index (κ1) is 16.4. The number of hydrogen-bond acceptors (Lipinski definition) is 2. The molecule has 0 saturated heterocycles. The van der Waals surface area contributed by atoms with Gasteiger partial charge in [0.15, 0.2) is 0 Å². The number of aryl methyl sites for hydroxylation is 1. The summed E-state index contributed by atoms with van der Waals surface area (Å²) < 4.78 is 13.3. The molecule has 0 fully saturated rings. The molecule has 124 valence electrons. The second-order valence-electron chi connectivity index (χ2n) is 6.09. The minimum Gasteiger partial charge on any atom is -0.325 e. The van der Waals surface area contributed by atoms with Crippen LogP contribution in [-0.4, -0.2) is 30.4 Å². The first-order chi connectivity index (χ1) is 11.6. The Kier molecular flexibility index (Phi) is 5.06. The van der Waals surface area contributed by atoms with Crippen LogP contribution in [0.1, 0.15) is 17.5 Å². The van der Waals surface area contributed by atoms with Crippen LogP contribution in [0.15, 0.2) is 54.6 Å². The molecule has 24 heavy (non-hydrogen) atoms. The summed E-state index contributed by atoms with van der Waals surface area (Å²) in [6, 6.07) is 14.7. The average molecular weight is 324 g/mol. The van der Waals surface area contributed by atoms with E-state index in [0.29, 0.717) is 12.2 Å². The molecule has 1 aliphatic rings. The maximum atomic E-state index is 13.3. The fourth-order valence-electron chi connectivity index (χ4n) is 2.89. The van der Waals surface area contributed by atoms with E-state index in [0.717, 1.165) is 25.1 Å². The van der Waals surface area contributed by atoms with E-state index in [9.17, 15) is 9.18 Å². The number of hydrogen-bond donors (Lipinski definition) is 1. The van der Waals surface area contributed by atoms with Crippen molar-refractivity contribution in [3.8, 4) is 0 Å². The predicted molar refractivity (Wildman–Crippen MR) is 95.2 cm³/mol. The molecule has 0 spiro atoms. The minimum absolute atomic E-state index is 0.111. The van der Waals surface area contributed by atoms with Crippen LogP contribution >= 0.6 is 0 Å². The Morgan fingerprint density at radius 3 is 2.71 bits per heavy atom. The lowest BCUT2D eigenvalue weighted by molar-refractivity contribution is -0.117. The van der Waals surface area contributed by atoms with Gasteiger partial charge in [0.25, 0.3) is 0 Å². The van der Waals surface area contributed by atoms with Crippen molar-refractivity contribution in [3.63, 3.8) is 0 Å². The van der Waals surface area contributed by atoms with Gasteiger partial charge >= 0.3 is 0 Å². The van der Waals surface area contributed by atoms with Crippen LogP contribution in [-0.2, 0) is 4.79 Å². The maximum Gasteiger partial charge on any atom is 0.238 e. The number of rotatable bonds is 4. The van der Waals surface area contributed by atoms with Gasteiger partial charge in [-0.2, -0.15) is 0 Å². The molecule has 1 heterocycles. The van der Waals surface area contributed by atoms with Gasteiger partial charge in [0, 0.05) is 18.8 Å². The number of halogens is 1. The molecule has 3 rings (SSSR count). The van der Waals surface area contributed by atoms with Gasteiger partial charge in [-0.1, -0.05) is 42.5 Å². The molecule has 0 saturated carbocycles. The monoisotopic (exact) mass is 324 g/mol. The quantitative estimate of drug-likeness (QED) is 0.926. The van der Waals surface area contributed by atoms with E-state index in [2.05, 4.69) is 28.4 Å². The van der Waals surface area contributed by atoms with Gasteiger partial charge in [0.1, 0.15) is 5.82 Å². The van der Waals surface area contributed by atoms with Crippen molar-refractivity contribution in [2.24, 2.45) is 0 Å². The molecule has 3 nitrogen and oxygen atoms in total. The lowest BCUT2D eigenvalue weighted by Crippen LogP contribution is -2.36. The van der Waals surface area contributed by atoms with Crippen LogP contribution < -0.4 is 5.32 Å². The second kappa shape index (κ2) is 7.41. The van der Waals surface area contributed by atoms with Crippen molar-refractivity contribution in [1.29, 1.82) is 0 Å². The van der Waals surface area contributed by atoms with Crippen molar-refractivity contribution in [2.45, 2.75) is 13.3 Å². The minimum atomic E-state index is -0.343. The number of amides is 1. The third-order valence-corrected chi connectivity index (χ3v) is 4.28. The SMILES string of the molecule is Cc1ccc(F)cc1NC(=O)CN1CC=C(c2ccccc2)CC1. The van der Waals surface area contributed by atoms with Crippen LogP contribution in [0.5, 0.6) is 0 Å². The highest BCUT2D eigenvalue weighted by atomic mass is 19.1. The number of nitrogens with zero attached hydrogens (tertiary/aromatic N) is 1. The molecule has 0 aliphatic carbocycles. The zero-order chi connectivity index (χ0) is 16.9. The molecular formula is C20H21FN2O. The van der Waals surface area contributed by atoms with E-state index in [1.165, 1.54) is 23.3 Å². The Hall–Kier alpha value is -2.46. The van der Waals surface area contributed by atoms with E-state index in [1.54, 1.807) is 6.07 Å². The number of anilines is 1. The molecule has 2 aromatic carbocycles. The lowest BCUT2D eigenvalue weighted by Gasteiger charge is -2.26. The summed E-state index contributed by atoms with van der Waals surface area (Å²) in [4.78, 5) is 14.3. The Bertz CT molecular complexity index is 755. The van der Waals surface area contributed by atoms with Crippen LogP contribution in [0.25, 0.3) is 5.57 Å². The van der Waals surface area contributed by atoms with Gasteiger partial charge in [-0.05, 0) is 42.2 Å². The van der Waals surface area contributed by atoms with Gasteiger partial charge in [0.2, 0.25) is 5.91 Å². The highest BCUT2D eigenvalue weighted by Crippen LogP contribution is 2.22. The summed E-state index contributed by atoms with van der Waals surface area (Å²) in [5.74, 6) is -0.454. The number of carbonyl (C=O) groups excluding carboxylic acids is 1. The Morgan fingerprint density at radius 2 is 2.00 bits per heavy atom. The van der Waals surface area contributed by atoms with E-state index in [1.807, 2.05) is 25.1 Å². The fraction of sp³-hybridized carbons (Fsp3) is 0.250. The zero-order valence-corrected chi connectivity index (χ0v) is 13.8. The summed E-state index contributed by atoms with van der Waals surface area (Å²) >= 11 is 0. The summed E-state index contributed by atoms with van der Waals surface area (Å²) in [5, 5.41) is 2.80. The molecule has 0 atom stereocenters. The maximum absolute atomic E-state index is 13.3. The highest BCUT2D eigenvalue weighted by Gasteiger charge is 2.16. The largest absolute Gasteiger partial charge is 0.325 e. The van der Waals surface area contributed by atoms with E-state index in [-0.39, 0.29) is 11.7 Å². The number of benzene rings is 2. The summed E-state index contributed by atoms with van der Waals surface area (Å²) in [5.41, 5.74) is 3.97. The molecule has 0 radical (unpaired) electrons. The molecule has 1 N–H and O–H groups in total.